The van der Waals surface area contributed by atoms with Gasteiger partial charge < -0.3 is 15.1 Å². The van der Waals surface area contributed by atoms with Crippen LogP contribution in [0.3, 0.4) is 0 Å². The predicted molar refractivity (Wildman–Crippen MR) is 111 cm³/mol. The van der Waals surface area contributed by atoms with E-state index >= 15 is 0 Å². The number of carbonyl (C=O) groups excluding carboxylic acids is 2. The summed E-state index contributed by atoms with van der Waals surface area (Å²) in [5, 5.41) is 11.8. The van der Waals surface area contributed by atoms with E-state index in [9.17, 15) is 9.59 Å². The summed E-state index contributed by atoms with van der Waals surface area (Å²) >= 11 is 0. The van der Waals surface area contributed by atoms with Crippen molar-refractivity contribution in [2.24, 2.45) is 0 Å². The zero-order chi connectivity index (χ0) is 20.5. The Morgan fingerprint density at radius 1 is 0.897 bits per heavy atom. The van der Waals surface area contributed by atoms with Gasteiger partial charge in [-0.05, 0) is 30.5 Å². The molecule has 1 aromatic rings. The minimum atomic E-state index is -0.0771. The van der Waals surface area contributed by atoms with Crippen molar-refractivity contribution < 1.29 is 9.59 Å². The summed E-state index contributed by atoms with van der Waals surface area (Å²) < 4.78 is 0. The van der Waals surface area contributed by atoms with E-state index in [0.29, 0.717) is 31.6 Å². The molecule has 0 aromatic heterocycles. The second-order valence-corrected chi connectivity index (χ2v) is 7.85. The van der Waals surface area contributed by atoms with Crippen LogP contribution in [0.5, 0.6) is 0 Å². The molecule has 3 amide bonds. The highest BCUT2D eigenvalue weighted by Gasteiger charge is 2.21. The minimum absolute atomic E-state index is 0.0771. The molecular weight excluding hydrogens is 366 g/mol. The van der Waals surface area contributed by atoms with Crippen molar-refractivity contribution in [3.63, 3.8) is 0 Å². The van der Waals surface area contributed by atoms with Crippen LogP contribution in [0, 0.1) is 11.3 Å². The van der Waals surface area contributed by atoms with Gasteiger partial charge in [0.15, 0.2) is 0 Å². The number of hydrogen-bond donors (Lipinski definition) is 1. The van der Waals surface area contributed by atoms with Crippen molar-refractivity contribution in [3.8, 4) is 6.07 Å². The van der Waals surface area contributed by atoms with Gasteiger partial charge in [0.25, 0.3) is 0 Å². The van der Waals surface area contributed by atoms with E-state index < -0.39 is 0 Å². The molecule has 2 aliphatic heterocycles. The van der Waals surface area contributed by atoms with Gasteiger partial charge in [-0.2, -0.15) is 5.26 Å². The monoisotopic (exact) mass is 397 g/mol. The van der Waals surface area contributed by atoms with E-state index in [1.807, 2.05) is 34.1 Å². The van der Waals surface area contributed by atoms with E-state index in [4.69, 9.17) is 5.26 Å². The minimum Gasteiger partial charge on any atom is -0.343 e. The van der Waals surface area contributed by atoms with Crippen LogP contribution in [0.4, 0.5) is 4.79 Å². The van der Waals surface area contributed by atoms with E-state index in [2.05, 4.69) is 16.3 Å². The van der Waals surface area contributed by atoms with Gasteiger partial charge in [0.2, 0.25) is 5.91 Å². The number of nitrogens with zero attached hydrogens (tertiary/aromatic N) is 4. The number of amides is 3. The van der Waals surface area contributed by atoms with E-state index in [0.717, 1.165) is 45.6 Å². The lowest BCUT2D eigenvalue weighted by Gasteiger charge is -2.34. The molecule has 29 heavy (non-hydrogen) atoms. The maximum atomic E-state index is 12.4. The molecule has 2 fully saturated rings. The average Bonchev–Trinajstić information content (AvgIpc) is 3.04. The number of benzene rings is 1. The van der Waals surface area contributed by atoms with Crippen molar-refractivity contribution in [1.29, 1.82) is 5.26 Å². The Morgan fingerprint density at radius 2 is 1.55 bits per heavy atom. The number of nitriles is 1. The molecule has 2 heterocycles. The van der Waals surface area contributed by atoms with Crippen molar-refractivity contribution in [2.75, 3.05) is 45.8 Å². The SMILES string of the molecule is N#Cc1ccc(CN2CCN(C(=O)NCCC(=O)N3CCCCCC3)CC2)cc1. The van der Waals surface area contributed by atoms with Crippen LogP contribution in [0.1, 0.15) is 43.2 Å². The number of nitrogens with one attached hydrogen (secondary N) is 1. The molecule has 3 rings (SSSR count). The van der Waals surface area contributed by atoms with Gasteiger partial charge in [-0.1, -0.05) is 25.0 Å². The first kappa shape index (κ1) is 21.1. The number of rotatable bonds is 5. The standard InChI is InChI=1S/C22H31N5O2/c23-17-19-5-7-20(8-6-19)18-25-13-15-27(16-14-25)22(29)24-10-9-21(28)26-11-3-1-2-4-12-26/h5-8H,1-4,9-16,18H2,(H,24,29). The molecule has 7 heteroatoms. The van der Waals surface area contributed by atoms with Gasteiger partial charge in [0, 0.05) is 58.8 Å². The summed E-state index contributed by atoms with van der Waals surface area (Å²) in [7, 11) is 0. The number of carbonyl (C=O) groups is 2. The van der Waals surface area contributed by atoms with Crippen molar-refractivity contribution in [3.05, 3.63) is 35.4 Å². The third-order valence-electron chi connectivity index (χ3n) is 5.72. The predicted octanol–water partition coefficient (Wildman–Crippen LogP) is 2.18. The maximum absolute atomic E-state index is 12.4. The van der Waals surface area contributed by atoms with Crippen LogP contribution in [-0.2, 0) is 11.3 Å². The van der Waals surface area contributed by atoms with E-state index in [-0.39, 0.29) is 11.9 Å². The molecule has 2 saturated heterocycles. The highest BCUT2D eigenvalue weighted by Crippen LogP contribution is 2.11. The highest BCUT2D eigenvalue weighted by atomic mass is 16.2. The molecule has 0 radical (unpaired) electrons. The average molecular weight is 398 g/mol. The number of hydrogen-bond acceptors (Lipinski definition) is 4. The zero-order valence-corrected chi connectivity index (χ0v) is 17.1. The summed E-state index contributed by atoms with van der Waals surface area (Å²) in [6, 6.07) is 9.70. The fourth-order valence-electron chi connectivity index (χ4n) is 3.92. The highest BCUT2D eigenvalue weighted by molar-refractivity contribution is 5.78. The first-order chi connectivity index (χ1) is 14.2. The van der Waals surface area contributed by atoms with Crippen molar-refractivity contribution >= 4 is 11.9 Å². The molecule has 7 nitrogen and oxygen atoms in total. The summed E-state index contributed by atoms with van der Waals surface area (Å²) in [5.41, 5.74) is 1.85. The number of likely N-dealkylation sites (tertiary alicyclic amines) is 1. The Bertz CT molecular complexity index is 712. The van der Waals surface area contributed by atoms with Gasteiger partial charge in [-0.15, -0.1) is 0 Å². The lowest BCUT2D eigenvalue weighted by molar-refractivity contribution is -0.131. The Kier molecular flexibility index (Phi) is 7.88. The Morgan fingerprint density at radius 3 is 2.17 bits per heavy atom. The van der Waals surface area contributed by atoms with Gasteiger partial charge in [-0.3, -0.25) is 9.69 Å². The van der Waals surface area contributed by atoms with Crippen molar-refractivity contribution in [1.82, 2.24) is 20.0 Å². The topological polar surface area (TPSA) is 79.7 Å². The number of urea groups is 1. The van der Waals surface area contributed by atoms with Gasteiger partial charge in [0.1, 0.15) is 0 Å². The molecule has 2 aliphatic rings. The molecule has 0 unspecified atom stereocenters. The quantitative estimate of drug-likeness (QED) is 0.826. The molecular formula is C22H31N5O2. The second kappa shape index (κ2) is 10.8. The molecule has 1 aromatic carbocycles. The van der Waals surface area contributed by atoms with E-state index in [1.54, 1.807) is 0 Å². The van der Waals surface area contributed by atoms with Crippen molar-refractivity contribution in [2.45, 2.75) is 38.6 Å². The Hall–Kier alpha value is -2.59. The normalized spacial score (nSPS) is 18.0. The second-order valence-electron chi connectivity index (χ2n) is 7.85. The fourth-order valence-corrected chi connectivity index (χ4v) is 3.92. The molecule has 0 saturated carbocycles. The maximum Gasteiger partial charge on any atom is 0.317 e. The van der Waals surface area contributed by atoms with Crippen LogP contribution >= 0.6 is 0 Å². The molecule has 1 N–H and O–H groups in total. The first-order valence-corrected chi connectivity index (χ1v) is 10.7. The molecule has 156 valence electrons. The third-order valence-corrected chi connectivity index (χ3v) is 5.72. The first-order valence-electron chi connectivity index (χ1n) is 10.7. The van der Waals surface area contributed by atoms with Gasteiger partial charge in [0.05, 0.1) is 11.6 Å². The lowest BCUT2D eigenvalue weighted by Crippen LogP contribution is -2.51. The van der Waals surface area contributed by atoms with Crippen LogP contribution in [0.2, 0.25) is 0 Å². The van der Waals surface area contributed by atoms with Crippen LogP contribution < -0.4 is 5.32 Å². The largest absolute Gasteiger partial charge is 0.343 e. The van der Waals surface area contributed by atoms with Gasteiger partial charge >= 0.3 is 6.03 Å². The zero-order valence-electron chi connectivity index (χ0n) is 17.1. The Labute approximate surface area is 173 Å². The molecule has 0 bridgehead atoms. The van der Waals surface area contributed by atoms with Crippen LogP contribution in [0.15, 0.2) is 24.3 Å². The van der Waals surface area contributed by atoms with Crippen LogP contribution in [0.25, 0.3) is 0 Å². The molecule has 0 aliphatic carbocycles. The Balaban J connectivity index is 1.34. The third kappa shape index (κ3) is 6.47. The summed E-state index contributed by atoms with van der Waals surface area (Å²) in [6.45, 7) is 5.94. The van der Waals surface area contributed by atoms with Gasteiger partial charge in [-0.25, -0.2) is 4.79 Å². The summed E-state index contributed by atoms with van der Waals surface area (Å²) in [5.74, 6) is 0.152. The fraction of sp³-hybridized carbons (Fsp3) is 0.591. The molecule has 0 spiro atoms. The van der Waals surface area contributed by atoms with E-state index in [1.165, 1.54) is 18.4 Å². The number of piperazine rings is 1. The lowest BCUT2D eigenvalue weighted by atomic mass is 10.1. The summed E-state index contributed by atoms with van der Waals surface area (Å²) in [6.07, 6.45) is 4.97. The molecule has 0 atom stereocenters. The summed E-state index contributed by atoms with van der Waals surface area (Å²) in [4.78, 5) is 30.8. The van der Waals surface area contributed by atoms with Crippen LogP contribution in [-0.4, -0.2) is 72.5 Å². The smallest absolute Gasteiger partial charge is 0.317 e.